The van der Waals surface area contributed by atoms with Gasteiger partial charge in [0.25, 0.3) is 0 Å². The van der Waals surface area contributed by atoms with E-state index in [1.807, 2.05) is 0 Å². The van der Waals surface area contributed by atoms with Gasteiger partial charge in [-0.3, -0.25) is 0 Å². The molecule has 0 fully saturated rings. The number of hydrogen-bond donors (Lipinski definition) is 1. The van der Waals surface area contributed by atoms with Crippen LogP contribution in [0.4, 0.5) is 5.82 Å². The zero-order valence-electron chi connectivity index (χ0n) is 11.4. The number of nitrogens with zero attached hydrogens (tertiary/aromatic N) is 2. The van der Waals surface area contributed by atoms with Crippen LogP contribution >= 0.6 is 22.6 Å². The van der Waals surface area contributed by atoms with Crippen molar-refractivity contribution in [3.63, 3.8) is 0 Å². The zero-order valence-corrected chi connectivity index (χ0v) is 13.6. The number of rotatable bonds is 8. The van der Waals surface area contributed by atoms with Gasteiger partial charge in [0, 0.05) is 13.2 Å². The van der Waals surface area contributed by atoms with Gasteiger partial charge in [0.1, 0.15) is 12.4 Å². The van der Waals surface area contributed by atoms with Crippen LogP contribution in [-0.2, 0) is 17.8 Å². The SMILES string of the molecule is CCCNc1nc(COCCC)nc(CC)c1I. The van der Waals surface area contributed by atoms with Gasteiger partial charge in [-0.05, 0) is 41.9 Å². The fourth-order valence-electron chi connectivity index (χ4n) is 1.51. The summed E-state index contributed by atoms with van der Waals surface area (Å²) in [5.74, 6) is 1.72. The van der Waals surface area contributed by atoms with Gasteiger partial charge in [0.15, 0.2) is 5.82 Å². The third-order valence-electron chi connectivity index (χ3n) is 2.42. The summed E-state index contributed by atoms with van der Waals surface area (Å²) in [5, 5.41) is 3.35. The van der Waals surface area contributed by atoms with Gasteiger partial charge < -0.3 is 10.1 Å². The Morgan fingerprint density at radius 2 is 1.94 bits per heavy atom. The minimum Gasteiger partial charge on any atom is -0.373 e. The Kier molecular flexibility index (Phi) is 7.50. The summed E-state index contributed by atoms with van der Waals surface area (Å²) < 4.78 is 6.64. The maximum absolute atomic E-state index is 5.51. The van der Waals surface area contributed by atoms with Crippen molar-refractivity contribution in [3.05, 3.63) is 15.1 Å². The lowest BCUT2D eigenvalue weighted by Gasteiger charge is -2.12. The van der Waals surface area contributed by atoms with E-state index in [1.54, 1.807) is 0 Å². The summed E-state index contributed by atoms with van der Waals surface area (Å²) in [6.07, 6.45) is 3.03. The molecule has 0 amide bonds. The highest BCUT2D eigenvalue weighted by molar-refractivity contribution is 14.1. The second-order valence-electron chi connectivity index (χ2n) is 4.08. The van der Waals surface area contributed by atoms with E-state index in [0.717, 1.165) is 53.3 Å². The van der Waals surface area contributed by atoms with Crippen LogP contribution in [0.2, 0.25) is 0 Å². The number of nitrogens with one attached hydrogen (secondary N) is 1. The van der Waals surface area contributed by atoms with Crippen LogP contribution in [0.15, 0.2) is 0 Å². The van der Waals surface area contributed by atoms with Gasteiger partial charge in [-0.1, -0.05) is 20.8 Å². The number of aromatic nitrogens is 2. The van der Waals surface area contributed by atoms with E-state index in [9.17, 15) is 0 Å². The molecule has 0 unspecified atom stereocenters. The molecule has 0 spiro atoms. The van der Waals surface area contributed by atoms with Gasteiger partial charge in [-0.2, -0.15) is 0 Å². The molecule has 4 nitrogen and oxygen atoms in total. The van der Waals surface area contributed by atoms with Gasteiger partial charge in [-0.15, -0.1) is 0 Å². The molecule has 102 valence electrons. The monoisotopic (exact) mass is 363 g/mol. The van der Waals surface area contributed by atoms with Crippen molar-refractivity contribution in [1.29, 1.82) is 0 Å². The van der Waals surface area contributed by atoms with Gasteiger partial charge in [0.05, 0.1) is 9.26 Å². The second-order valence-corrected chi connectivity index (χ2v) is 5.16. The highest BCUT2D eigenvalue weighted by atomic mass is 127. The largest absolute Gasteiger partial charge is 0.373 e. The molecule has 0 aliphatic heterocycles. The number of ether oxygens (including phenoxy) is 1. The minimum absolute atomic E-state index is 0.499. The molecule has 1 rings (SSSR count). The Bertz CT molecular complexity index is 371. The summed E-state index contributed by atoms with van der Waals surface area (Å²) >= 11 is 2.31. The fourth-order valence-corrected chi connectivity index (χ4v) is 2.33. The van der Waals surface area contributed by atoms with Crippen molar-refractivity contribution in [2.24, 2.45) is 0 Å². The lowest BCUT2D eigenvalue weighted by Crippen LogP contribution is -2.11. The molecule has 0 bridgehead atoms. The molecule has 5 heteroatoms. The topological polar surface area (TPSA) is 47.0 Å². The lowest BCUT2D eigenvalue weighted by atomic mass is 10.3. The highest BCUT2D eigenvalue weighted by Crippen LogP contribution is 2.20. The van der Waals surface area contributed by atoms with E-state index < -0.39 is 0 Å². The number of anilines is 1. The van der Waals surface area contributed by atoms with Crippen molar-refractivity contribution in [2.45, 2.75) is 46.6 Å². The predicted octanol–water partition coefficient (Wildman–Crippen LogP) is 3.39. The van der Waals surface area contributed by atoms with E-state index in [0.29, 0.717) is 6.61 Å². The molecule has 18 heavy (non-hydrogen) atoms. The molecule has 1 N–H and O–H groups in total. The van der Waals surface area contributed by atoms with Crippen molar-refractivity contribution in [3.8, 4) is 0 Å². The molecule has 1 aromatic rings. The lowest BCUT2D eigenvalue weighted by molar-refractivity contribution is 0.116. The molecule has 0 aliphatic rings. The third kappa shape index (κ3) is 4.68. The molecule has 0 saturated carbocycles. The third-order valence-corrected chi connectivity index (χ3v) is 3.56. The van der Waals surface area contributed by atoms with E-state index in [-0.39, 0.29) is 0 Å². The van der Waals surface area contributed by atoms with Crippen molar-refractivity contribution >= 4 is 28.4 Å². The van der Waals surface area contributed by atoms with Crippen LogP contribution in [0.5, 0.6) is 0 Å². The van der Waals surface area contributed by atoms with Crippen LogP contribution in [-0.4, -0.2) is 23.1 Å². The zero-order chi connectivity index (χ0) is 13.4. The Labute approximate surface area is 123 Å². The van der Waals surface area contributed by atoms with E-state index in [1.165, 1.54) is 0 Å². The minimum atomic E-state index is 0.499. The summed E-state index contributed by atoms with van der Waals surface area (Å²) in [5.41, 5.74) is 1.10. The molecular formula is C13H22IN3O. The van der Waals surface area contributed by atoms with Crippen LogP contribution < -0.4 is 5.32 Å². The first kappa shape index (κ1) is 15.6. The summed E-state index contributed by atoms with van der Waals surface area (Å²) in [7, 11) is 0. The first-order valence-corrected chi connectivity index (χ1v) is 7.67. The van der Waals surface area contributed by atoms with E-state index in [4.69, 9.17) is 4.74 Å². The van der Waals surface area contributed by atoms with E-state index in [2.05, 4.69) is 58.6 Å². The molecule has 0 radical (unpaired) electrons. The normalized spacial score (nSPS) is 10.7. The molecule has 0 atom stereocenters. The van der Waals surface area contributed by atoms with E-state index >= 15 is 0 Å². The number of aryl methyl sites for hydroxylation is 1. The number of hydrogen-bond acceptors (Lipinski definition) is 4. The van der Waals surface area contributed by atoms with Gasteiger partial charge in [0.2, 0.25) is 0 Å². The molecule has 0 saturated heterocycles. The first-order chi connectivity index (χ1) is 8.72. The van der Waals surface area contributed by atoms with Gasteiger partial charge in [-0.25, -0.2) is 9.97 Å². The van der Waals surface area contributed by atoms with Crippen LogP contribution in [0, 0.1) is 3.57 Å². The standard InChI is InChI=1S/C13H22IN3O/c1-4-7-15-13-12(14)10(6-3)16-11(17-13)9-18-8-5-2/h4-9H2,1-3H3,(H,15,16,17). The van der Waals surface area contributed by atoms with Crippen molar-refractivity contribution < 1.29 is 4.74 Å². The summed E-state index contributed by atoms with van der Waals surface area (Å²) in [6, 6.07) is 0. The summed E-state index contributed by atoms with van der Waals surface area (Å²) in [4.78, 5) is 9.08. The Morgan fingerprint density at radius 1 is 1.17 bits per heavy atom. The smallest absolute Gasteiger partial charge is 0.156 e. The summed E-state index contributed by atoms with van der Waals surface area (Å²) in [6.45, 7) is 8.55. The number of halogens is 1. The predicted molar refractivity (Wildman–Crippen MR) is 82.9 cm³/mol. The van der Waals surface area contributed by atoms with Crippen LogP contribution in [0.25, 0.3) is 0 Å². The molecule has 0 aliphatic carbocycles. The van der Waals surface area contributed by atoms with Crippen LogP contribution in [0.3, 0.4) is 0 Å². The first-order valence-electron chi connectivity index (χ1n) is 6.59. The Morgan fingerprint density at radius 3 is 2.56 bits per heavy atom. The Balaban J connectivity index is 2.83. The van der Waals surface area contributed by atoms with Crippen molar-refractivity contribution in [1.82, 2.24) is 9.97 Å². The van der Waals surface area contributed by atoms with Crippen LogP contribution in [0.1, 0.15) is 45.1 Å². The molecule has 0 aromatic carbocycles. The fraction of sp³-hybridized carbons (Fsp3) is 0.692. The second kappa shape index (κ2) is 8.63. The maximum atomic E-state index is 5.51. The average Bonchev–Trinajstić information content (AvgIpc) is 2.39. The molecular weight excluding hydrogens is 341 g/mol. The highest BCUT2D eigenvalue weighted by Gasteiger charge is 2.10. The average molecular weight is 363 g/mol. The molecule has 1 heterocycles. The van der Waals surface area contributed by atoms with Gasteiger partial charge >= 0.3 is 0 Å². The maximum Gasteiger partial charge on any atom is 0.156 e. The molecule has 1 aromatic heterocycles. The Hall–Kier alpha value is -0.430. The van der Waals surface area contributed by atoms with Crippen molar-refractivity contribution in [2.75, 3.05) is 18.5 Å². The quantitative estimate of drug-likeness (QED) is 0.568.